The lowest BCUT2D eigenvalue weighted by Gasteiger charge is -2.33. The van der Waals surface area contributed by atoms with Crippen LogP contribution in [0.5, 0.6) is 11.5 Å². The van der Waals surface area contributed by atoms with Crippen molar-refractivity contribution in [2.45, 2.75) is 40.0 Å². The van der Waals surface area contributed by atoms with Crippen LogP contribution in [0.1, 0.15) is 53.6 Å². The largest absolute Gasteiger partial charge is 0.454 e. The molecule has 35 heavy (non-hydrogen) atoms. The minimum Gasteiger partial charge on any atom is -0.454 e. The van der Waals surface area contributed by atoms with E-state index in [1.807, 2.05) is 12.1 Å². The van der Waals surface area contributed by atoms with E-state index >= 15 is 0 Å². The molecule has 0 spiro atoms. The lowest BCUT2D eigenvalue weighted by atomic mass is 9.72. The van der Waals surface area contributed by atoms with Crippen molar-refractivity contribution < 1.29 is 14.3 Å². The topological polar surface area (TPSA) is 59.9 Å². The number of carbonyl (C=O) groups is 1. The van der Waals surface area contributed by atoms with Crippen LogP contribution in [-0.2, 0) is 12.8 Å². The third-order valence-electron chi connectivity index (χ3n) is 6.61. The number of ether oxygens (including phenoxy) is 2. The number of thiophene rings is 1. The SMILES string of the molecule is CC(C)(C)[C@@H]1CCc2c(sc(N=Cc3cc4c(cc3Br)OCO4)c2C(=O)Nc2ccc(Cl)cc2)C1. The Labute approximate surface area is 222 Å². The second kappa shape index (κ2) is 9.60. The van der Waals surface area contributed by atoms with E-state index in [1.54, 1.807) is 41.8 Å². The molecule has 2 aliphatic rings. The van der Waals surface area contributed by atoms with Crippen molar-refractivity contribution in [1.82, 2.24) is 0 Å². The molecule has 1 N–H and O–H groups in total. The molecule has 2 aromatic carbocycles. The van der Waals surface area contributed by atoms with Crippen LogP contribution in [-0.4, -0.2) is 18.9 Å². The second-order valence-corrected chi connectivity index (χ2v) is 12.3. The molecule has 1 aromatic heterocycles. The average Bonchev–Trinajstić information content (AvgIpc) is 3.41. The van der Waals surface area contributed by atoms with E-state index < -0.39 is 0 Å². The Morgan fingerprint density at radius 2 is 1.91 bits per heavy atom. The minimum atomic E-state index is -0.143. The van der Waals surface area contributed by atoms with Gasteiger partial charge in [-0.2, -0.15) is 0 Å². The summed E-state index contributed by atoms with van der Waals surface area (Å²) < 4.78 is 11.8. The normalized spacial score (nSPS) is 17.0. The first kappa shape index (κ1) is 24.3. The summed E-state index contributed by atoms with van der Waals surface area (Å²) in [6.45, 7) is 7.09. The van der Waals surface area contributed by atoms with E-state index in [-0.39, 0.29) is 18.1 Å². The van der Waals surface area contributed by atoms with E-state index in [9.17, 15) is 4.79 Å². The maximum atomic E-state index is 13.5. The predicted octanol–water partition coefficient (Wildman–Crippen LogP) is 8.05. The van der Waals surface area contributed by atoms with Gasteiger partial charge in [0, 0.05) is 31.8 Å². The lowest BCUT2D eigenvalue weighted by molar-refractivity contribution is 0.102. The monoisotopic (exact) mass is 572 g/mol. The van der Waals surface area contributed by atoms with Gasteiger partial charge in [-0.3, -0.25) is 4.79 Å². The van der Waals surface area contributed by atoms with Crippen LogP contribution in [0.2, 0.25) is 5.02 Å². The van der Waals surface area contributed by atoms with Crippen molar-refractivity contribution in [2.24, 2.45) is 16.3 Å². The van der Waals surface area contributed by atoms with Gasteiger partial charge in [0.25, 0.3) is 5.91 Å². The van der Waals surface area contributed by atoms with Gasteiger partial charge in [-0.05, 0) is 88.5 Å². The minimum absolute atomic E-state index is 0.143. The fraction of sp³-hybridized carbons (Fsp3) is 0.333. The van der Waals surface area contributed by atoms with E-state index in [0.29, 0.717) is 33.7 Å². The number of hydrogen-bond acceptors (Lipinski definition) is 5. The van der Waals surface area contributed by atoms with Gasteiger partial charge < -0.3 is 14.8 Å². The van der Waals surface area contributed by atoms with E-state index in [4.69, 9.17) is 26.1 Å². The smallest absolute Gasteiger partial charge is 0.259 e. The molecule has 1 atom stereocenters. The first-order valence-corrected chi connectivity index (χ1v) is 13.5. The summed E-state index contributed by atoms with van der Waals surface area (Å²) in [6.07, 6.45) is 4.68. The van der Waals surface area contributed by atoms with Crippen LogP contribution in [0.3, 0.4) is 0 Å². The molecule has 1 aliphatic heterocycles. The Morgan fingerprint density at radius 3 is 2.63 bits per heavy atom. The molecule has 8 heteroatoms. The highest BCUT2D eigenvalue weighted by Gasteiger charge is 2.33. The number of nitrogens with zero attached hydrogens (tertiary/aromatic N) is 1. The van der Waals surface area contributed by atoms with Crippen LogP contribution in [0.15, 0.2) is 45.9 Å². The van der Waals surface area contributed by atoms with Crippen molar-refractivity contribution in [1.29, 1.82) is 0 Å². The van der Waals surface area contributed by atoms with Crippen LogP contribution >= 0.6 is 38.9 Å². The van der Waals surface area contributed by atoms with Crippen molar-refractivity contribution in [3.05, 3.63) is 67.5 Å². The number of rotatable bonds is 4. The van der Waals surface area contributed by atoms with Crippen LogP contribution in [0, 0.1) is 11.3 Å². The highest BCUT2D eigenvalue weighted by molar-refractivity contribution is 9.10. The van der Waals surface area contributed by atoms with Gasteiger partial charge in [-0.15, -0.1) is 11.3 Å². The molecule has 0 unspecified atom stereocenters. The maximum absolute atomic E-state index is 13.5. The summed E-state index contributed by atoms with van der Waals surface area (Å²) in [4.78, 5) is 19.6. The molecule has 3 aromatic rings. The fourth-order valence-corrected chi connectivity index (χ4v) is 6.34. The number of amides is 1. The highest BCUT2D eigenvalue weighted by atomic mass is 79.9. The molecule has 0 radical (unpaired) electrons. The second-order valence-electron chi connectivity index (χ2n) is 9.94. The molecule has 182 valence electrons. The van der Waals surface area contributed by atoms with Crippen molar-refractivity contribution in [2.75, 3.05) is 12.1 Å². The quantitative estimate of drug-likeness (QED) is 0.321. The molecule has 2 heterocycles. The van der Waals surface area contributed by atoms with Gasteiger partial charge in [-0.1, -0.05) is 32.4 Å². The van der Waals surface area contributed by atoms with Gasteiger partial charge in [-0.25, -0.2) is 4.99 Å². The zero-order valence-corrected chi connectivity index (χ0v) is 22.9. The molecular weight excluding hydrogens is 548 g/mol. The number of aliphatic imine (C=N–C) groups is 1. The average molecular weight is 574 g/mol. The Bertz CT molecular complexity index is 1310. The molecule has 5 rings (SSSR count). The Morgan fingerprint density at radius 1 is 1.20 bits per heavy atom. The van der Waals surface area contributed by atoms with E-state index in [1.165, 1.54) is 4.88 Å². The van der Waals surface area contributed by atoms with Gasteiger partial charge in [0.1, 0.15) is 5.00 Å². The first-order chi connectivity index (χ1) is 16.7. The van der Waals surface area contributed by atoms with Crippen molar-refractivity contribution in [3.63, 3.8) is 0 Å². The summed E-state index contributed by atoms with van der Waals surface area (Å²) in [5, 5.41) is 4.39. The van der Waals surface area contributed by atoms with Crippen LogP contribution in [0.4, 0.5) is 10.7 Å². The number of hydrogen-bond donors (Lipinski definition) is 1. The van der Waals surface area contributed by atoms with Gasteiger partial charge in [0.05, 0.1) is 5.56 Å². The maximum Gasteiger partial charge on any atom is 0.259 e. The third-order valence-corrected chi connectivity index (χ3v) is 8.71. The van der Waals surface area contributed by atoms with Crippen LogP contribution < -0.4 is 14.8 Å². The third kappa shape index (κ3) is 5.13. The molecule has 5 nitrogen and oxygen atoms in total. The number of fused-ring (bicyclic) bond motifs is 2. The molecule has 1 amide bonds. The first-order valence-electron chi connectivity index (χ1n) is 11.5. The number of halogens is 2. The number of benzene rings is 2. The van der Waals surface area contributed by atoms with Gasteiger partial charge >= 0.3 is 0 Å². The Hall–Kier alpha value is -2.35. The number of carbonyl (C=O) groups excluding carboxylic acids is 1. The number of nitrogens with one attached hydrogen (secondary N) is 1. The summed E-state index contributed by atoms with van der Waals surface area (Å²) >= 11 is 11.2. The fourth-order valence-electron chi connectivity index (χ4n) is 4.52. The Kier molecular flexibility index (Phi) is 6.68. The molecule has 0 saturated carbocycles. The van der Waals surface area contributed by atoms with Gasteiger partial charge in [0.2, 0.25) is 6.79 Å². The molecule has 1 aliphatic carbocycles. The Balaban J connectivity index is 1.51. The summed E-state index contributed by atoms with van der Waals surface area (Å²) in [6, 6.07) is 10.9. The highest BCUT2D eigenvalue weighted by Crippen LogP contribution is 2.45. The summed E-state index contributed by atoms with van der Waals surface area (Å²) in [7, 11) is 0. The zero-order chi connectivity index (χ0) is 24.7. The van der Waals surface area contributed by atoms with E-state index in [2.05, 4.69) is 42.0 Å². The van der Waals surface area contributed by atoms with Crippen molar-refractivity contribution >= 4 is 61.7 Å². The van der Waals surface area contributed by atoms with E-state index in [0.717, 1.165) is 39.9 Å². The van der Waals surface area contributed by atoms with Crippen molar-refractivity contribution in [3.8, 4) is 11.5 Å². The molecular formula is C27H26BrClN2O3S. The zero-order valence-electron chi connectivity index (χ0n) is 19.8. The molecule has 0 saturated heterocycles. The van der Waals surface area contributed by atoms with Crippen LogP contribution in [0.25, 0.3) is 0 Å². The summed E-state index contributed by atoms with van der Waals surface area (Å²) in [5.74, 6) is 1.82. The predicted molar refractivity (Wildman–Crippen MR) is 146 cm³/mol. The summed E-state index contributed by atoms with van der Waals surface area (Å²) in [5.41, 5.74) is 3.57. The lowest BCUT2D eigenvalue weighted by Crippen LogP contribution is -2.27. The standard InChI is InChI=1S/C27H26BrClN2O3S/c1-27(2,3)16-4-9-19-23(11-16)35-26(24(19)25(32)31-18-7-5-17(29)6-8-18)30-13-15-10-21-22(12-20(15)28)34-14-33-21/h5-8,10,12-13,16H,4,9,11,14H2,1-3H3,(H,31,32)/t16-/m1/s1. The molecule has 0 bridgehead atoms. The number of anilines is 1. The molecule has 0 fully saturated rings. The van der Waals surface area contributed by atoms with Gasteiger partial charge in [0.15, 0.2) is 11.5 Å².